The van der Waals surface area contributed by atoms with Crippen LogP contribution in [0.2, 0.25) is 0 Å². The van der Waals surface area contributed by atoms with Crippen LogP contribution in [0.5, 0.6) is 5.75 Å². The Balaban J connectivity index is 1.97. The van der Waals surface area contributed by atoms with E-state index in [2.05, 4.69) is 4.98 Å². The summed E-state index contributed by atoms with van der Waals surface area (Å²) < 4.78 is 5.19. The van der Waals surface area contributed by atoms with Crippen LogP contribution in [0.15, 0.2) is 48.7 Å². The van der Waals surface area contributed by atoms with E-state index < -0.39 is 0 Å². The number of anilines is 1. The SMILES string of the molecule is COc1ccc(C2SC(C)C(=O)N2c2ccccn2)cc1. The van der Waals surface area contributed by atoms with Gasteiger partial charge in [0.15, 0.2) is 0 Å². The number of ether oxygens (including phenoxy) is 1. The molecule has 0 spiro atoms. The molecule has 2 heterocycles. The van der Waals surface area contributed by atoms with Gasteiger partial charge in [-0.1, -0.05) is 18.2 Å². The molecule has 3 rings (SSSR count). The zero-order valence-electron chi connectivity index (χ0n) is 11.9. The van der Waals surface area contributed by atoms with Gasteiger partial charge in [-0.3, -0.25) is 9.69 Å². The summed E-state index contributed by atoms with van der Waals surface area (Å²) >= 11 is 1.64. The first-order chi connectivity index (χ1) is 10.2. The number of hydrogen-bond donors (Lipinski definition) is 0. The van der Waals surface area contributed by atoms with Crippen LogP contribution >= 0.6 is 11.8 Å². The van der Waals surface area contributed by atoms with E-state index in [0.29, 0.717) is 5.82 Å². The first kappa shape index (κ1) is 13.9. The lowest BCUT2D eigenvalue weighted by Gasteiger charge is -2.23. The van der Waals surface area contributed by atoms with Crippen molar-refractivity contribution >= 4 is 23.5 Å². The van der Waals surface area contributed by atoms with Crippen LogP contribution in [0.3, 0.4) is 0 Å². The monoisotopic (exact) mass is 300 g/mol. The van der Waals surface area contributed by atoms with Crippen LogP contribution in [0.1, 0.15) is 17.9 Å². The summed E-state index contributed by atoms with van der Waals surface area (Å²) in [7, 11) is 1.64. The van der Waals surface area contributed by atoms with Gasteiger partial charge in [0.1, 0.15) is 16.9 Å². The van der Waals surface area contributed by atoms with Gasteiger partial charge >= 0.3 is 0 Å². The minimum Gasteiger partial charge on any atom is -0.497 e. The average Bonchev–Trinajstić information content (AvgIpc) is 2.84. The summed E-state index contributed by atoms with van der Waals surface area (Å²) in [5, 5.41) is -0.118. The predicted molar refractivity (Wildman–Crippen MR) is 84.5 cm³/mol. The molecule has 0 radical (unpaired) electrons. The number of aromatic nitrogens is 1. The molecule has 2 unspecified atom stereocenters. The van der Waals surface area contributed by atoms with E-state index in [0.717, 1.165) is 11.3 Å². The van der Waals surface area contributed by atoms with Gasteiger partial charge in [-0.2, -0.15) is 0 Å². The maximum absolute atomic E-state index is 12.5. The van der Waals surface area contributed by atoms with Gasteiger partial charge in [-0.05, 0) is 36.8 Å². The molecule has 0 aliphatic carbocycles. The third-order valence-corrected chi connectivity index (χ3v) is 4.80. The molecule has 4 nitrogen and oxygen atoms in total. The Bertz CT molecular complexity index is 630. The van der Waals surface area contributed by atoms with E-state index in [9.17, 15) is 4.79 Å². The summed E-state index contributed by atoms with van der Waals surface area (Å²) in [6.07, 6.45) is 1.71. The second kappa shape index (κ2) is 5.77. The number of amides is 1. The third-order valence-electron chi connectivity index (χ3n) is 3.45. The van der Waals surface area contributed by atoms with Gasteiger partial charge in [0.25, 0.3) is 0 Å². The van der Waals surface area contributed by atoms with Gasteiger partial charge in [-0.15, -0.1) is 11.8 Å². The van der Waals surface area contributed by atoms with Gasteiger partial charge in [0.2, 0.25) is 5.91 Å². The third kappa shape index (κ3) is 2.61. The van der Waals surface area contributed by atoms with Crippen LogP contribution in [0, 0.1) is 0 Å². The van der Waals surface area contributed by atoms with Gasteiger partial charge in [0, 0.05) is 6.20 Å². The van der Waals surface area contributed by atoms with Crippen molar-refractivity contribution in [1.29, 1.82) is 0 Å². The zero-order valence-corrected chi connectivity index (χ0v) is 12.7. The average molecular weight is 300 g/mol. The van der Waals surface area contributed by atoms with Gasteiger partial charge in [-0.25, -0.2) is 4.98 Å². The van der Waals surface area contributed by atoms with E-state index in [-0.39, 0.29) is 16.5 Å². The topological polar surface area (TPSA) is 42.4 Å². The summed E-state index contributed by atoms with van der Waals surface area (Å²) in [6.45, 7) is 1.94. The van der Waals surface area contributed by atoms with Crippen molar-refractivity contribution in [2.75, 3.05) is 12.0 Å². The molecule has 21 heavy (non-hydrogen) atoms. The maximum atomic E-state index is 12.5. The molecule has 108 valence electrons. The number of pyridine rings is 1. The van der Waals surface area contributed by atoms with Crippen molar-refractivity contribution in [1.82, 2.24) is 4.98 Å². The van der Waals surface area contributed by atoms with Crippen molar-refractivity contribution < 1.29 is 9.53 Å². The van der Waals surface area contributed by atoms with Crippen molar-refractivity contribution in [2.24, 2.45) is 0 Å². The summed E-state index contributed by atoms with van der Waals surface area (Å²) in [4.78, 5) is 18.6. The Hall–Kier alpha value is -2.01. The van der Waals surface area contributed by atoms with Crippen LogP contribution < -0.4 is 9.64 Å². The molecule has 1 fully saturated rings. The highest BCUT2D eigenvalue weighted by Gasteiger charge is 2.40. The number of nitrogens with zero attached hydrogens (tertiary/aromatic N) is 2. The van der Waals surface area contributed by atoms with E-state index in [1.807, 2.05) is 49.4 Å². The Morgan fingerprint density at radius 3 is 2.57 bits per heavy atom. The molecular weight excluding hydrogens is 284 g/mol. The molecular formula is C16H16N2O2S. The number of thioether (sulfide) groups is 1. The van der Waals surface area contributed by atoms with Crippen LogP contribution in [0.25, 0.3) is 0 Å². The Labute approximate surface area is 128 Å². The van der Waals surface area contributed by atoms with Gasteiger partial charge < -0.3 is 4.74 Å². The molecule has 0 bridgehead atoms. The van der Waals surface area contributed by atoms with Crippen LogP contribution in [0.4, 0.5) is 5.82 Å². The van der Waals surface area contributed by atoms with E-state index in [1.54, 1.807) is 30.0 Å². The number of carbonyl (C=O) groups excluding carboxylic acids is 1. The zero-order chi connectivity index (χ0) is 14.8. The van der Waals surface area contributed by atoms with Crippen molar-refractivity contribution in [3.8, 4) is 5.75 Å². The number of hydrogen-bond acceptors (Lipinski definition) is 4. The van der Waals surface area contributed by atoms with Crippen molar-refractivity contribution in [3.05, 3.63) is 54.2 Å². The van der Waals surface area contributed by atoms with E-state index >= 15 is 0 Å². The normalized spacial score (nSPS) is 21.6. The Morgan fingerprint density at radius 2 is 1.95 bits per heavy atom. The molecule has 2 atom stereocenters. The fourth-order valence-corrected chi connectivity index (χ4v) is 3.61. The van der Waals surface area contributed by atoms with E-state index in [1.165, 1.54) is 0 Å². The van der Waals surface area contributed by atoms with Crippen LogP contribution in [-0.4, -0.2) is 23.3 Å². The fourth-order valence-electron chi connectivity index (χ4n) is 2.35. The van der Waals surface area contributed by atoms with Crippen molar-refractivity contribution in [2.45, 2.75) is 17.5 Å². The molecule has 1 aromatic carbocycles. The molecule has 1 aromatic heterocycles. The summed E-state index contributed by atoms with van der Waals surface area (Å²) in [5.41, 5.74) is 1.07. The molecule has 0 saturated carbocycles. The predicted octanol–water partition coefficient (Wildman–Crippen LogP) is 3.26. The highest BCUT2D eigenvalue weighted by molar-refractivity contribution is 8.01. The smallest absolute Gasteiger partial charge is 0.242 e. The molecule has 1 saturated heterocycles. The number of rotatable bonds is 3. The van der Waals surface area contributed by atoms with Crippen molar-refractivity contribution in [3.63, 3.8) is 0 Å². The van der Waals surface area contributed by atoms with E-state index in [4.69, 9.17) is 4.74 Å². The standard InChI is InChI=1S/C16H16N2O2S/c1-11-15(19)18(14-5-3-4-10-17-14)16(21-11)12-6-8-13(20-2)9-7-12/h3-11,16H,1-2H3. The first-order valence-corrected chi connectivity index (χ1v) is 7.68. The van der Waals surface area contributed by atoms with Crippen LogP contribution in [-0.2, 0) is 4.79 Å². The molecule has 2 aromatic rings. The second-order valence-electron chi connectivity index (χ2n) is 4.80. The lowest BCUT2D eigenvalue weighted by molar-refractivity contribution is -0.117. The lowest BCUT2D eigenvalue weighted by Crippen LogP contribution is -2.30. The minimum absolute atomic E-state index is 0.0479. The highest BCUT2D eigenvalue weighted by atomic mass is 32.2. The number of methoxy groups -OCH3 is 1. The molecule has 5 heteroatoms. The number of benzene rings is 1. The van der Waals surface area contributed by atoms with Gasteiger partial charge in [0.05, 0.1) is 12.4 Å². The Morgan fingerprint density at radius 1 is 1.19 bits per heavy atom. The largest absolute Gasteiger partial charge is 0.497 e. The molecule has 1 aliphatic rings. The maximum Gasteiger partial charge on any atom is 0.242 e. The summed E-state index contributed by atoms with van der Waals surface area (Å²) in [6, 6.07) is 13.4. The fraction of sp³-hybridized carbons (Fsp3) is 0.250. The Kier molecular flexibility index (Phi) is 3.84. The first-order valence-electron chi connectivity index (χ1n) is 6.74. The minimum atomic E-state index is -0.0703. The molecule has 1 aliphatic heterocycles. The second-order valence-corrected chi connectivity index (χ2v) is 6.23. The quantitative estimate of drug-likeness (QED) is 0.872. The summed E-state index contributed by atoms with van der Waals surface area (Å²) in [5.74, 6) is 1.60. The highest BCUT2D eigenvalue weighted by Crippen LogP contribution is 2.44. The number of carbonyl (C=O) groups is 1. The molecule has 0 N–H and O–H groups in total. The molecule has 1 amide bonds. The lowest BCUT2D eigenvalue weighted by atomic mass is 10.2.